The Morgan fingerprint density at radius 2 is 0.913 bits per heavy atom. The second-order valence-corrected chi connectivity index (χ2v) is 40.3. The number of rotatable bonds is 14. The third-order valence-corrected chi connectivity index (χ3v) is 19.7. The molecule has 103 heavy (non-hydrogen) atoms. The molecule has 3 saturated heterocycles. The van der Waals surface area contributed by atoms with Gasteiger partial charge in [-0.05, 0) is 126 Å². The maximum absolute atomic E-state index is 14.3. The van der Waals surface area contributed by atoms with E-state index >= 15 is 0 Å². The number of amides is 4. The number of benzene rings is 2. The number of halogens is 7. The average molecular weight is 1580 g/mol. The Balaban J connectivity index is 0.000000301. The number of hydrogen-bond donors (Lipinski definition) is 4. The minimum Gasteiger partial charge on any atom is -0.469 e. The van der Waals surface area contributed by atoms with Crippen LogP contribution in [0.5, 0.6) is 0 Å². The highest BCUT2D eigenvalue weighted by Crippen LogP contribution is 2.40. The number of H-pyrrole nitrogens is 3. The molecule has 2 aromatic carbocycles. The number of ether oxygens (including phenoxy) is 3. The lowest BCUT2D eigenvalue weighted by molar-refractivity contribution is -0.148. The van der Waals surface area contributed by atoms with Gasteiger partial charge in [-0.3, -0.25) is 24.0 Å². The van der Waals surface area contributed by atoms with E-state index in [1.54, 1.807) is 22.1 Å². The van der Waals surface area contributed by atoms with Crippen molar-refractivity contribution in [3.8, 4) is 46.6 Å². The fourth-order valence-electron chi connectivity index (χ4n) is 12.0. The Morgan fingerprint density at radius 1 is 0.534 bits per heavy atom. The van der Waals surface area contributed by atoms with Gasteiger partial charge in [0.1, 0.15) is 51.1 Å². The lowest BCUT2D eigenvalue weighted by Crippen LogP contribution is -2.51. The summed E-state index contributed by atoms with van der Waals surface area (Å²) in [4.78, 5) is 104. The summed E-state index contributed by atoms with van der Waals surface area (Å²) in [6.07, 6.45) is -2.99. The Hall–Kier alpha value is -8.33. The Bertz CT molecular complexity index is 4110. The minimum atomic E-state index is -4.73. The Kier molecular flexibility index (Phi) is 29.2. The van der Waals surface area contributed by atoms with Crippen molar-refractivity contribution in [2.75, 3.05) is 41.0 Å². The van der Waals surface area contributed by atoms with E-state index in [4.69, 9.17) is 14.2 Å². The van der Waals surface area contributed by atoms with E-state index in [0.717, 1.165) is 28.1 Å². The lowest BCUT2D eigenvalue weighted by Gasteiger charge is -2.30. The van der Waals surface area contributed by atoms with E-state index in [2.05, 4.69) is 131 Å². The molecule has 8 rings (SSSR count). The molecule has 0 aliphatic carbocycles. The van der Waals surface area contributed by atoms with Gasteiger partial charge in [-0.2, -0.15) is 26.3 Å². The van der Waals surface area contributed by atoms with Crippen molar-refractivity contribution in [2.45, 2.75) is 170 Å². The molecule has 0 spiro atoms. The SMILES string of the molecule is COC(=O)C[C@H](C(=O)N1C[C@@H](C)C[C@H]1c1ncc(C#Cc2ccc(C#Cc3cnc([C@@H]4C[C@H](C)CN4C(=O)[C@@H](NC(=O)OC)C(C)C)[nH]3)cc2C(F)(F)F)[nH]1)C(C)C.COC(=O)C[C@H](C(=O)N1C[C@@H](C)C[C@H]1c1ncc(I)[nH]1)C(C)C.C[Si](C)(C)C#Cc1ccc(C#C[Si](C)(C)C)c(C(F)(F)F)c1. The van der Waals surface area contributed by atoms with Crippen molar-refractivity contribution in [3.05, 3.63) is 121 Å². The predicted octanol–water partition coefficient (Wildman–Crippen LogP) is 13.9. The molecular weight excluding hydrogens is 1480 g/mol. The van der Waals surface area contributed by atoms with Gasteiger partial charge >= 0.3 is 30.4 Å². The molecule has 556 valence electrons. The maximum Gasteiger partial charge on any atom is 0.417 e. The van der Waals surface area contributed by atoms with Crippen LogP contribution in [0.4, 0.5) is 31.1 Å². The van der Waals surface area contributed by atoms with Crippen LogP contribution in [0.2, 0.25) is 39.3 Å². The van der Waals surface area contributed by atoms with Crippen LogP contribution < -0.4 is 5.32 Å². The van der Waals surface area contributed by atoms with Crippen LogP contribution in [0, 0.1) is 97.7 Å². The highest BCUT2D eigenvalue weighted by Gasteiger charge is 2.44. The normalized spacial score (nSPS) is 19.0. The molecule has 28 heteroatoms. The zero-order valence-electron chi connectivity index (χ0n) is 61.8. The van der Waals surface area contributed by atoms with Crippen molar-refractivity contribution in [1.29, 1.82) is 0 Å². The number of aromatic amines is 3. The van der Waals surface area contributed by atoms with Crippen LogP contribution in [-0.4, -0.2) is 144 Å². The molecule has 4 amide bonds. The molecule has 0 bridgehead atoms. The van der Waals surface area contributed by atoms with E-state index in [0.29, 0.717) is 61.3 Å². The lowest BCUT2D eigenvalue weighted by atomic mass is 9.91. The molecule has 0 unspecified atom stereocenters. The zero-order valence-corrected chi connectivity index (χ0v) is 65.9. The first kappa shape index (κ1) is 83.6. The number of alkyl carbamates (subject to hydrolysis) is 1. The van der Waals surface area contributed by atoms with E-state index in [-0.39, 0.29) is 100 Å². The van der Waals surface area contributed by atoms with Gasteiger partial charge in [0.2, 0.25) is 17.7 Å². The summed E-state index contributed by atoms with van der Waals surface area (Å²) in [5.74, 6) is 16.6. The van der Waals surface area contributed by atoms with Crippen molar-refractivity contribution < 1.29 is 69.3 Å². The summed E-state index contributed by atoms with van der Waals surface area (Å²) >= 11 is 2.18. The number of alkyl halides is 6. The zero-order chi connectivity index (χ0) is 76.8. The molecule has 6 heterocycles. The molecule has 0 saturated carbocycles. The van der Waals surface area contributed by atoms with Crippen molar-refractivity contribution >= 4 is 74.5 Å². The summed E-state index contributed by atoms with van der Waals surface area (Å²) in [5.41, 5.74) is 5.32. The first-order chi connectivity index (χ1) is 48.0. The number of esters is 2. The van der Waals surface area contributed by atoms with Gasteiger partial charge in [0, 0.05) is 41.9 Å². The van der Waals surface area contributed by atoms with Crippen LogP contribution in [0.15, 0.2) is 55.0 Å². The number of hydrogen-bond acceptors (Lipinski definition) is 12. The summed E-state index contributed by atoms with van der Waals surface area (Å²) in [7, 11) is 0.519. The van der Waals surface area contributed by atoms with Gasteiger partial charge in [-0.15, -0.1) is 11.1 Å². The third kappa shape index (κ3) is 24.1. The fraction of sp³-hybridized carbons (Fsp3) is 0.533. The van der Waals surface area contributed by atoms with Crippen LogP contribution in [0.3, 0.4) is 0 Å². The van der Waals surface area contributed by atoms with E-state index < -0.39 is 75.7 Å². The molecule has 3 aromatic heterocycles. The second-order valence-electron chi connectivity index (χ2n) is 29.7. The van der Waals surface area contributed by atoms with Gasteiger partial charge in [0.15, 0.2) is 0 Å². The van der Waals surface area contributed by atoms with Crippen LogP contribution in [-0.2, 0) is 50.5 Å². The molecule has 9 atom stereocenters. The Morgan fingerprint density at radius 3 is 1.28 bits per heavy atom. The van der Waals surface area contributed by atoms with Gasteiger partial charge in [-0.25, -0.2) is 19.7 Å². The van der Waals surface area contributed by atoms with E-state index in [9.17, 15) is 55.1 Å². The highest BCUT2D eigenvalue weighted by molar-refractivity contribution is 14.1. The van der Waals surface area contributed by atoms with Crippen LogP contribution >= 0.6 is 22.6 Å². The number of methoxy groups -OCH3 is 3. The molecule has 3 aliphatic heterocycles. The highest BCUT2D eigenvalue weighted by atomic mass is 127. The topological polar surface area (TPSA) is 238 Å². The maximum atomic E-state index is 14.3. The van der Waals surface area contributed by atoms with Crippen molar-refractivity contribution in [2.24, 2.45) is 47.3 Å². The summed E-state index contributed by atoms with van der Waals surface area (Å²) in [6.45, 7) is 31.3. The molecule has 3 fully saturated rings. The van der Waals surface area contributed by atoms with E-state index in [1.165, 1.54) is 51.9 Å². The summed E-state index contributed by atoms with van der Waals surface area (Å²) in [6, 6.07) is 6.13. The number of nitrogens with one attached hydrogen (secondary N) is 4. The quantitative estimate of drug-likeness (QED) is 0.0203. The van der Waals surface area contributed by atoms with Crippen LogP contribution in [0.25, 0.3) is 0 Å². The molecule has 19 nitrogen and oxygen atoms in total. The minimum absolute atomic E-state index is 0.0196. The molecule has 3 aliphatic rings. The summed E-state index contributed by atoms with van der Waals surface area (Å²) < 4.78 is 97.9. The molecule has 5 aromatic rings. The second kappa shape index (κ2) is 35.9. The first-order valence-corrected chi connectivity index (χ1v) is 42.3. The van der Waals surface area contributed by atoms with Gasteiger partial charge < -0.3 is 49.2 Å². The smallest absolute Gasteiger partial charge is 0.417 e. The number of carbonyl (C=O) groups is 6. The molecule has 0 radical (unpaired) electrons. The Labute approximate surface area is 616 Å². The molecular formula is C75H95F6IN10O9Si2. The average Bonchev–Trinajstić information content (AvgIpc) is 1.72. The third-order valence-electron chi connectivity index (χ3n) is 17.4. The van der Waals surface area contributed by atoms with Gasteiger partial charge in [-0.1, -0.05) is 125 Å². The standard InChI is InChI=1S/C42H50F3N7O6.C17H21F3Si2.C16H24IN3O3/c1-23(2)31(18-35(53)57-7)39(54)51-21-25(5)15-33(51)37-47-20-30(49-37)14-12-28-11-9-27(17-32(28)42(43,44)45)10-13-29-19-46-38(48-29)34-16-26(6)22-52(34)40(55)36(24(3)4)50-41(56)58-8;1-21(2,3)11-9-14-7-8-15(10-12-22(4,5)6)16(13-14)17(18,19)20;1-9(2)11(6-14(21)23-4)16(22)20-8-10(3)5-12(20)15-18-7-13(17)19-15/h9,11,17,19-20,23-26,31,33-34,36H,15-16,18,21-22H2,1-8H3,(H,46,48)(H,47,49)(H,50,56);7-8,13H,1-6H3;7,9-12H,5-6,8H2,1-4H3,(H,18,19)/t25-,26-,31-,33-,34-,36-;;10-,11-,12-/m0.0/s1. The fourth-order valence-corrected chi connectivity index (χ4v) is 13.5. The van der Waals surface area contributed by atoms with Crippen molar-refractivity contribution in [3.63, 3.8) is 0 Å². The number of carbonyl (C=O) groups excluding carboxylic acids is 6. The van der Waals surface area contributed by atoms with Crippen molar-refractivity contribution in [1.82, 2.24) is 49.9 Å². The number of nitrogens with zero attached hydrogens (tertiary/aromatic N) is 6. The summed E-state index contributed by atoms with van der Waals surface area (Å²) in [5, 5.41) is 2.62. The first-order valence-electron chi connectivity index (χ1n) is 34.2. The van der Waals surface area contributed by atoms with Gasteiger partial charge in [0.25, 0.3) is 0 Å². The predicted molar refractivity (Wildman–Crippen MR) is 393 cm³/mol. The monoisotopic (exact) mass is 1580 g/mol. The van der Waals surface area contributed by atoms with Gasteiger partial charge in [0.05, 0.1) is 97.6 Å². The molecule has 4 N–H and O–H groups in total. The number of aromatic nitrogens is 6. The number of imidazole rings is 3. The van der Waals surface area contributed by atoms with E-state index in [1.807, 2.05) is 79.9 Å². The largest absolute Gasteiger partial charge is 0.469 e. The van der Waals surface area contributed by atoms with Crippen LogP contribution in [0.1, 0.15) is 175 Å². The number of likely N-dealkylation sites (tertiary alicyclic amines) is 3.